The summed E-state index contributed by atoms with van der Waals surface area (Å²) in [6.45, 7) is 0. The Hall–Kier alpha value is -6.39. The van der Waals surface area contributed by atoms with E-state index in [1.54, 1.807) is 0 Å². The summed E-state index contributed by atoms with van der Waals surface area (Å²) in [6.07, 6.45) is 0. The molecule has 4 heteroatoms. The SMILES string of the molecule is c1ccc(-c2ccc(-c3nc(-c4ccccc4)nc(-c4ccc(N5c6ccccc6-c6cccc7cccc5c67)cc4)n3)cc2)cc1. The van der Waals surface area contributed by atoms with Crippen LogP contribution in [0.4, 0.5) is 17.1 Å². The number of hydrogen-bond acceptors (Lipinski definition) is 4. The Bertz CT molecular complexity index is 2380. The van der Waals surface area contributed by atoms with Gasteiger partial charge < -0.3 is 4.90 Å². The van der Waals surface area contributed by atoms with Gasteiger partial charge in [0.15, 0.2) is 17.5 Å². The molecule has 0 amide bonds. The van der Waals surface area contributed by atoms with E-state index >= 15 is 0 Å². The number of para-hydroxylation sites is 1. The molecule has 9 rings (SSSR count). The maximum atomic E-state index is 5.01. The Balaban J connectivity index is 1.14. The van der Waals surface area contributed by atoms with Crippen LogP contribution in [0.15, 0.2) is 170 Å². The highest BCUT2D eigenvalue weighted by atomic mass is 15.2. The van der Waals surface area contributed by atoms with Crippen LogP contribution in [0.2, 0.25) is 0 Å². The fourth-order valence-electron chi connectivity index (χ4n) is 6.59. The van der Waals surface area contributed by atoms with Crippen molar-refractivity contribution in [3.05, 3.63) is 170 Å². The quantitative estimate of drug-likeness (QED) is 0.197. The van der Waals surface area contributed by atoms with Gasteiger partial charge in [-0.2, -0.15) is 0 Å². The van der Waals surface area contributed by atoms with Gasteiger partial charge in [-0.15, -0.1) is 0 Å². The minimum atomic E-state index is 0.638. The third-order valence-corrected chi connectivity index (χ3v) is 8.86. The Labute approximate surface area is 273 Å². The van der Waals surface area contributed by atoms with Gasteiger partial charge in [-0.05, 0) is 58.5 Å². The van der Waals surface area contributed by atoms with Gasteiger partial charge >= 0.3 is 0 Å². The van der Waals surface area contributed by atoms with Gasteiger partial charge in [0.05, 0.1) is 11.4 Å². The van der Waals surface area contributed by atoms with Gasteiger partial charge in [0, 0.05) is 33.3 Å². The molecule has 8 aromatic rings. The summed E-state index contributed by atoms with van der Waals surface area (Å²) in [4.78, 5) is 17.3. The Morgan fingerprint density at radius 1 is 0.319 bits per heavy atom. The van der Waals surface area contributed by atoms with Crippen LogP contribution in [0.1, 0.15) is 0 Å². The summed E-state index contributed by atoms with van der Waals surface area (Å²) in [5.41, 5.74) is 11.1. The molecule has 4 nitrogen and oxygen atoms in total. The first-order valence-corrected chi connectivity index (χ1v) is 15.8. The third-order valence-electron chi connectivity index (χ3n) is 8.86. The van der Waals surface area contributed by atoms with E-state index in [0.717, 1.165) is 27.9 Å². The van der Waals surface area contributed by atoms with Crippen molar-refractivity contribution >= 4 is 27.8 Å². The smallest absolute Gasteiger partial charge is 0.164 e. The van der Waals surface area contributed by atoms with Crippen LogP contribution in [-0.2, 0) is 0 Å². The van der Waals surface area contributed by atoms with E-state index in [9.17, 15) is 0 Å². The number of benzene rings is 7. The monoisotopic (exact) mass is 600 g/mol. The minimum absolute atomic E-state index is 0.638. The molecule has 0 spiro atoms. The van der Waals surface area contributed by atoms with Crippen LogP contribution in [0.5, 0.6) is 0 Å². The summed E-state index contributed by atoms with van der Waals surface area (Å²) in [5, 5.41) is 2.50. The highest BCUT2D eigenvalue weighted by Gasteiger charge is 2.25. The number of fused-ring (bicyclic) bond motifs is 2. The molecule has 1 aliphatic rings. The van der Waals surface area contributed by atoms with Crippen molar-refractivity contribution in [2.45, 2.75) is 0 Å². The second-order valence-corrected chi connectivity index (χ2v) is 11.7. The summed E-state index contributed by atoms with van der Waals surface area (Å²) in [6, 6.07) is 59.2. The lowest BCUT2D eigenvalue weighted by Crippen LogP contribution is -2.14. The summed E-state index contributed by atoms with van der Waals surface area (Å²) >= 11 is 0. The highest BCUT2D eigenvalue weighted by Crippen LogP contribution is 2.50. The molecule has 220 valence electrons. The zero-order valence-electron chi connectivity index (χ0n) is 25.5. The van der Waals surface area contributed by atoms with Crippen LogP contribution >= 0.6 is 0 Å². The number of rotatable bonds is 5. The van der Waals surface area contributed by atoms with E-state index in [1.807, 2.05) is 36.4 Å². The molecule has 0 saturated heterocycles. The summed E-state index contributed by atoms with van der Waals surface area (Å²) < 4.78 is 0. The van der Waals surface area contributed by atoms with E-state index in [2.05, 4.69) is 138 Å². The molecular weight excluding hydrogens is 573 g/mol. The third kappa shape index (κ3) is 4.75. The predicted molar refractivity (Wildman–Crippen MR) is 193 cm³/mol. The van der Waals surface area contributed by atoms with Crippen LogP contribution < -0.4 is 4.90 Å². The first-order valence-electron chi connectivity index (χ1n) is 15.8. The number of nitrogens with zero attached hydrogens (tertiary/aromatic N) is 4. The Morgan fingerprint density at radius 2 is 0.766 bits per heavy atom. The van der Waals surface area contributed by atoms with Crippen molar-refractivity contribution in [1.82, 2.24) is 15.0 Å². The molecule has 7 aromatic carbocycles. The zero-order chi connectivity index (χ0) is 31.2. The lowest BCUT2D eigenvalue weighted by molar-refractivity contribution is 1.07. The topological polar surface area (TPSA) is 41.9 Å². The predicted octanol–water partition coefficient (Wildman–Crippen LogP) is 11.1. The average molecular weight is 601 g/mol. The van der Waals surface area contributed by atoms with Gasteiger partial charge in [-0.1, -0.05) is 133 Å². The van der Waals surface area contributed by atoms with Gasteiger partial charge in [-0.25, -0.2) is 15.0 Å². The zero-order valence-corrected chi connectivity index (χ0v) is 25.5. The normalized spacial score (nSPS) is 11.8. The van der Waals surface area contributed by atoms with E-state index in [4.69, 9.17) is 15.0 Å². The first kappa shape index (κ1) is 27.0. The van der Waals surface area contributed by atoms with Crippen molar-refractivity contribution < 1.29 is 0 Å². The van der Waals surface area contributed by atoms with E-state index in [-0.39, 0.29) is 0 Å². The van der Waals surface area contributed by atoms with Gasteiger partial charge in [-0.3, -0.25) is 0 Å². The molecule has 0 aliphatic carbocycles. The van der Waals surface area contributed by atoms with Crippen LogP contribution in [0, 0.1) is 0 Å². The Morgan fingerprint density at radius 3 is 1.43 bits per heavy atom. The Kier molecular flexibility index (Phi) is 6.43. The van der Waals surface area contributed by atoms with Crippen molar-refractivity contribution in [2.24, 2.45) is 0 Å². The lowest BCUT2D eigenvalue weighted by atomic mass is 9.91. The first-order chi connectivity index (χ1) is 23.3. The van der Waals surface area contributed by atoms with Gasteiger partial charge in [0.2, 0.25) is 0 Å². The molecule has 0 saturated carbocycles. The molecule has 1 aromatic heterocycles. The molecule has 0 fully saturated rings. The number of aromatic nitrogens is 3. The van der Waals surface area contributed by atoms with Crippen LogP contribution in [0.3, 0.4) is 0 Å². The molecular formula is C43H28N4. The maximum absolute atomic E-state index is 5.01. The molecule has 1 aliphatic heterocycles. The standard InChI is InChI=1S/C43H28N4/c1-3-11-29(12-4-1)30-21-23-33(24-22-30)42-44-41(32-13-5-2-6-14-32)45-43(46-42)34-25-27-35(28-26-34)47-38-19-8-7-17-36(38)37-18-9-15-31-16-10-20-39(47)40(31)37/h1-28H. The van der Waals surface area contributed by atoms with E-state index < -0.39 is 0 Å². The van der Waals surface area contributed by atoms with Crippen molar-refractivity contribution in [3.63, 3.8) is 0 Å². The molecule has 0 N–H and O–H groups in total. The average Bonchev–Trinajstić information content (AvgIpc) is 3.16. The number of anilines is 3. The fourth-order valence-corrected chi connectivity index (χ4v) is 6.59. The van der Waals surface area contributed by atoms with E-state index in [1.165, 1.54) is 38.8 Å². The highest BCUT2D eigenvalue weighted by molar-refractivity contribution is 6.13. The van der Waals surface area contributed by atoms with Gasteiger partial charge in [0.25, 0.3) is 0 Å². The van der Waals surface area contributed by atoms with Crippen LogP contribution in [-0.4, -0.2) is 15.0 Å². The summed E-state index contributed by atoms with van der Waals surface area (Å²) in [7, 11) is 0. The summed E-state index contributed by atoms with van der Waals surface area (Å²) in [5.74, 6) is 1.93. The van der Waals surface area contributed by atoms with Gasteiger partial charge in [0.1, 0.15) is 0 Å². The molecule has 0 atom stereocenters. The second kappa shape index (κ2) is 11.2. The number of hydrogen-bond donors (Lipinski definition) is 0. The molecule has 0 radical (unpaired) electrons. The second-order valence-electron chi connectivity index (χ2n) is 11.7. The van der Waals surface area contributed by atoms with Crippen molar-refractivity contribution in [2.75, 3.05) is 4.90 Å². The maximum Gasteiger partial charge on any atom is 0.164 e. The van der Waals surface area contributed by atoms with Crippen molar-refractivity contribution in [3.8, 4) is 56.4 Å². The fraction of sp³-hybridized carbons (Fsp3) is 0. The molecule has 2 heterocycles. The molecule has 0 bridgehead atoms. The molecule has 0 unspecified atom stereocenters. The minimum Gasteiger partial charge on any atom is -0.309 e. The van der Waals surface area contributed by atoms with Crippen molar-refractivity contribution in [1.29, 1.82) is 0 Å². The van der Waals surface area contributed by atoms with Crippen LogP contribution in [0.25, 0.3) is 67.2 Å². The largest absolute Gasteiger partial charge is 0.309 e. The lowest BCUT2D eigenvalue weighted by Gasteiger charge is -2.33. The molecule has 47 heavy (non-hydrogen) atoms. The van der Waals surface area contributed by atoms with E-state index in [0.29, 0.717) is 17.5 Å².